The van der Waals surface area contributed by atoms with Gasteiger partial charge in [-0.15, -0.1) is 0 Å². The summed E-state index contributed by atoms with van der Waals surface area (Å²) in [5, 5.41) is 3.81. The molecule has 2 rings (SSSR count). The van der Waals surface area contributed by atoms with Gasteiger partial charge in [-0.25, -0.2) is 4.83 Å². The van der Waals surface area contributed by atoms with Crippen LogP contribution < -0.4 is 19.0 Å². The summed E-state index contributed by atoms with van der Waals surface area (Å²) in [6.07, 6.45) is 1.36. The lowest BCUT2D eigenvalue weighted by atomic mass is 10.2. The summed E-state index contributed by atoms with van der Waals surface area (Å²) in [7, 11) is 0.715. The first kappa shape index (κ1) is 20.5. The number of ether oxygens (including phenoxy) is 3. The number of hydrogen-bond acceptors (Lipinski definition) is 6. The lowest BCUT2D eigenvalue weighted by molar-refractivity contribution is 0.353. The van der Waals surface area contributed by atoms with Crippen LogP contribution in [0.5, 0.6) is 17.2 Å². The van der Waals surface area contributed by atoms with E-state index in [1.165, 1.54) is 39.7 Å². The van der Waals surface area contributed by atoms with Crippen molar-refractivity contribution in [3.63, 3.8) is 0 Å². The molecule has 0 saturated carbocycles. The van der Waals surface area contributed by atoms with Crippen LogP contribution in [0.25, 0.3) is 0 Å². The second kappa shape index (κ2) is 8.74. The molecule has 26 heavy (non-hydrogen) atoms. The molecule has 0 spiro atoms. The van der Waals surface area contributed by atoms with Crippen molar-refractivity contribution in [2.45, 2.75) is 4.90 Å². The molecule has 0 aromatic heterocycles. The molecule has 0 saturated heterocycles. The minimum absolute atomic E-state index is 0.0517. The summed E-state index contributed by atoms with van der Waals surface area (Å²) in [4.78, 5) is 2.22. The largest absolute Gasteiger partial charge is 0.496 e. The normalized spacial score (nSPS) is 11.4. The second-order valence-corrected chi connectivity index (χ2v) is 8.26. The fourth-order valence-corrected chi connectivity index (χ4v) is 4.18. The van der Waals surface area contributed by atoms with Crippen molar-refractivity contribution in [2.24, 2.45) is 5.10 Å². The standard InChI is InChI=1S/C16H16Br2N2O5S/c1-23-14-5-4-11(8-12(14)17)26(21,22)20-19-9-10-6-13(18)16(25-3)15(7-10)24-2/h4-9,20H,1-3H3/b19-9-. The van der Waals surface area contributed by atoms with Crippen molar-refractivity contribution in [2.75, 3.05) is 21.3 Å². The summed E-state index contributed by atoms with van der Waals surface area (Å²) in [5.74, 6) is 1.56. The minimum atomic E-state index is -3.82. The van der Waals surface area contributed by atoms with E-state index < -0.39 is 10.0 Å². The molecule has 0 fully saturated rings. The molecular weight excluding hydrogens is 492 g/mol. The Morgan fingerprint density at radius 2 is 1.65 bits per heavy atom. The van der Waals surface area contributed by atoms with Gasteiger partial charge in [0.2, 0.25) is 0 Å². The topological polar surface area (TPSA) is 86.2 Å². The van der Waals surface area contributed by atoms with Gasteiger partial charge in [0.15, 0.2) is 11.5 Å². The summed E-state index contributed by atoms with van der Waals surface area (Å²) in [6.45, 7) is 0. The zero-order chi connectivity index (χ0) is 19.3. The molecule has 0 aliphatic rings. The van der Waals surface area contributed by atoms with Crippen molar-refractivity contribution >= 4 is 48.1 Å². The smallest absolute Gasteiger partial charge is 0.276 e. The number of rotatable bonds is 7. The van der Waals surface area contributed by atoms with Gasteiger partial charge in [-0.1, -0.05) is 0 Å². The maximum atomic E-state index is 12.3. The van der Waals surface area contributed by atoms with E-state index >= 15 is 0 Å². The number of hydrazone groups is 1. The summed E-state index contributed by atoms with van der Waals surface area (Å²) in [6, 6.07) is 7.81. The molecular formula is C16H16Br2N2O5S. The van der Waals surface area contributed by atoms with E-state index in [9.17, 15) is 8.42 Å². The van der Waals surface area contributed by atoms with Crippen LogP contribution in [0.4, 0.5) is 0 Å². The van der Waals surface area contributed by atoms with E-state index in [0.29, 0.717) is 31.8 Å². The molecule has 0 aliphatic heterocycles. The maximum absolute atomic E-state index is 12.3. The van der Waals surface area contributed by atoms with E-state index in [4.69, 9.17) is 14.2 Å². The average molecular weight is 508 g/mol. The predicted octanol–water partition coefficient (Wildman–Crippen LogP) is 3.55. The Balaban J connectivity index is 2.22. The quantitative estimate of drug-likeness (QED) is 0.457. The number of methoxy groups -OCH3 is 3. The molecule has 2 aromatic rings. The number of hydrogen-bond donors (Lipinski definition) is 1. The van der Waals surface area contributed by atoms with Crippen LogP contribution in [0.3, 0.4) is 0 Å². The van der Waals surface area contributed by atoms with Gasteiger partial charge < -0.3 is 14.2 Å². The van der Waals surface area contributed by atoms with Gasteiger partial charge in [0.25, 0.3) is 10.0 Å². The van der Waals surface area contributed by atoms with Crippen LogP contribution in [-0.2, 0) is 10.0 Å². The fraction of sp³-hybridized carbons (Fsp3) is 0.188. The van der Waals surface area contributed by atoms with Gasteiger partial charge in [-0.3, -0.25) is 0 Å². The summed E-state index contributed by atoms with van der Waals surface area (Å²) >= 11 is 6.62. The van der Waals surface area contributed by atoms with Crippen molar-refractivity contribution in [1.29, 1.82) is 0 Å². The predicted molar refractivity (Wildman–Crippen MR) is 106 cm³/mol. The van der Waals surface area contributed by atoms with E-state index in [0.717, 1.165) is 0 Å². The highest BCUT2D eigenvalue weighted by Crippen LogP contribution is 2.35. The number of halogens is 2. The Hall–Kier alpha value is -1.78. The molecule has 0 radical (unpaired) electrons. The molecule has 10 heteroatoms. The van der Waals surface area contributed by atoms with Gasteiger partial charge in [0, 0.05) is 0 Å². The van der Waals surface area contributed by atoms with E-state index in [1.54, 1.807) is 18.2 Å². The third kappa shape index (κ3) is 4.68. The van der Waals surface area contributed by atoms with Crippen LogP contribution in [0, 0.1) is 0 Å². The number of sulfonamides is 1. The second-order valence-electron chi connectivity index (χ2n) is 4.89. The summed E-state index contributed by atoms with van der Waals surface area (Å²) in [5.41, 5.74) is 0.619. The molecule has 2 aromatic carbocycles. The van der Waals surface area contributed by atoms with Gasteiger partial charge in [0.05, 0.1) is 41.4 Å². The molecule has 0 amide bonds. The van der Waals surface area contributed by atoms with Crippen LogP contribution >= 0.6 is 31.9 Å². The van der Waals surface area contributed by atoms with Gasteiger partial charge in [-0.05, 0) is 67.8 Å². The van der Waals surface area contributed by atoms with E-state index in [-0.39, 0.29) is 4.90 Å². The van der Waals surface area contributed by atoms with Crippen LogP contribution in [-0.4, -0.2) is 36.0 Å². The summed E-state index contributed by atoms with van der Waals surface area (Å²) < 4.78 is 41.4. The van der Waals surface area contributed by atoms with Crippen molar-refractivity contribution < 1.29 is 22.6 Å². The molecule has 0 aliphatic carbocycles. The minimum Gasteiger partial charge on any atom is -0.496 e. The highest BCUT2D eigenvalue weighted by Gasteiger charge is 2.15. The zero-order valence-corrected chi connectivity index (χ0v) is 18.1. The first-order valence-electron chi connectivity index (χ1n) is 7.12. The van der Waals surface area contributed by atoms with Gasteiger partial charge in [0.1, 0.15) is 5.75 Å². The Bertz CT molecular complexity index is 932. The van der Waals surface area contributed by atoms with Crippen LogP contribution in [0.2, 0.25) is 0 Å². The van der Waals surface area contributed by atoms with Gasteiger partial charge >= 0.3 is 0 Å². The first-order chi connectivity index (χ1) is 12.3. The maximum Gasteiger partial charge on any atom is 0.276 e. The Morgan fingerprint density at radius 1 is 0.962 bits per heavy atom. The van der Waals surface area contributed by atoms with E-state index in [1.807, 2.05) is 0 Å². The fourth-order valence-electron chi connectivity index (χ4n) is 2.05. The SMILES string of the molecule is COc1ccc(S(=O)(=O)N/N=C\c2cc(Br)c(OC)c(OC)c2)cc1Br. The molecule has 1 N–H and O–H groups in total. The molecule has 0 heterocycles. The highest BCUT2D eigenvalue weighted by atomic mass is 79.9. The molecule has 140 valence electrons. The monoisotopic (exact) mass is 506 g/mol. The number of nitrogens with one attached hydrogen (secondary N) is 1. The van der Waals surface area contributed by atoms with E-state index in [2.05, 4.69) is 41.8 Å². The molecule has 7 nitrogen and oxygen atoms in total. The van der Waals surface area contributed by atoms with Crippen molar-refractivity contribution in [3.8, 4) is 17.2 Å². The van der Waals surface area contributed by atoms with Gasteiger partial charge in [-0.2, -0.15) is 13.5 Å². The average Bonchev–Trinajstić information content (AvgIpc) is 2.60. The zero-order valence-electron chi connectivity index (χ0n) is 14.1. The highest BCUT2D eigenvalue weighted by molar-refractivity contribution is 9.10. The molecule has 0 bridgehead atoms. The lowest BCUT2D eigenvalue weighted by Crippen LogP contribution is -2.18. The molecule has 0 unspecified atom stereocenters. The third-order valence-corrected chi connectivity index (χ3v) is 5.71. The Labute approximate surface area is 168 Å². The first-order valence-corrected chi connectivity index (χ1v) is 10.2. The molecule has 0 atom stereocenters. The Morgan fingerprint density at radius 3 is 2.23 bits per heavy atom. The van der Waals surface area contributed by atoms with Crippen LogP contribution in [0.1, 0.15) is 5.56 Å². The number of benzene rings is 2. The lowest BCUT2D eigenvalue weighted by Gasteiger charge is -2.10. The number of nitrogens with zero attached hydrogens (tertiary/aromatic N) is 1. The third-order valence-electron chi connectivity index (χ3n) is 3.28. The van der Waals surface area contributed by atoms with Crippen molar-refractivity contribution in [1.82, 2.24) is 4.83 Å². The van der Waals surface area contributed by atoms with Crippen LogP contribution in [0.15, 0.2) is 49.3 Å². The Kier molecular flexibility index (Phi) is 6.90. The van der Waals surface area contributed by atoms with Crippen molar-refractivity contribution in [3.05, 3.63) is 44.8 Å².